The summed E-state index contributed by atoms with van der Waals surface area (Å²) in [6.07, 6.45) is -0.736. The number of hydrogen-bond donors (Lipinski definition) is 3. The van der Waals surface area contributed by atoms with Crippen molar-refractivity contribution in [3.05, 3.63) is 90.0 Å². The fraction of sp³-hybridized carbons (Fsp3) is 0.172. The molecule has 0 spiro atoms. The number of carbonyl (C=O) groups excluding carboxylic acids is 1. The number of hydrogen-bond acceptors (Lipinski definition) is 4. The van der Waals surface area contributed by atoms with Crippen LogP contribution in [-0.2, 0) is 11.2 Å². The summed E-state index contributed by atoms with van der Waals surface area (Å²) < 4.78 is 37.9. The summed E-state index contributed by atoms with van der Waals surface area (Å²) in [4.78, 5) is 14.9. The van der Waals surface area contributed by atoms with Crippen molar-refractivity contribution in [2.24, 2.45) is 0 Å². The highest BCUT2D eigenvalue weighted by Crippen LogP contribution is 2.36. The van der Waals surface area contributed by atoms with E-state index in [1.165, 1.54) is 18.2 Å². The average Bonchev–Trinajstić information content (AvgIpc) is 3.54. The van der Waals surface area contributed by atoms with Crippen LogP contribution in [0.4, 0.5) is 8.78 Å². The van der Waals surface area contributed by atoms with Crippen molar-refractivity contribution in [1.29, 1.82) is 0 Å². The maximum Gasteiger partial charge on any atom is 0.263 e. The Morgan fingerprint density at radius 1 is 1.08 bits per heavy atom. The third-order valence-electron chi connectivity index (χ3n) is 6.29. The summed E-state index contributed by atoms with van der Waals surface area (Å²) in [5, 5.41) is 11.5. The number of H-pyrrole nitrogens is 2. The van der Waals surface area contributed by atoms with E-state index in [2.05, 4.69) is 27.1 Å². The number of halogens is 2. The van der Waals surface area contributed by atoms with Gasteiger partial charge in [0.2, 0.25) is 5.91 Å². The SMILES string of the molecule is C=CC(=O)NCCOc1cc(Cc2ccccc2OC)cc2[nH]c(-c3n[nH]c4cc(C(F)F)ccc34)cc12. The number of aromatic amines is 2. The van der Waals surface area contributed by atoms with Gasteiger partial charge in [0.1, 0.15) is 23.8 Å². The van der Waals surface area contributed by atoms with Crippen molar-refractivity contribution >= 4 is 27.7 Å². The molecule has 9 heteroatoms. The summed E-state index contributed by atoms with van der Waals surface area (Å²) in [6.45, 7) is 4.03. The third kappa shape index (κ3) is 5.08. The van der Waals surface area contributed by atoms with Gasteiger partial charge in [-0.05, 0) is 47.5 Å². The highest BCUT2D eigenvalue weighted by molar-refractivity contribution is 5.97. The first-order chi connectivity index (χ1) is 18.5. The number of benzene rings is 3. The van der Waals surface area contributed by atoms with Gasteiger partial charge in [0.15, 0.2) is 0 Å². The largest absolute Gasteiger partial charge is 0.496 e. The summed E-state index contributed by atoms with van der Waals surface area (Å²) >= 11 is 0. The van der Waals surface area contributed by atoms with Crippen LogP contribution in [0.25, 0.3) is 33.2 Å². The molecule has 3 N–H and O–H groups in total. The molecule has 0 fully saturated rings. The zero-order valence-electron chi connectivity index (χ0n) is 20.7. The topological polar surface area (TPSA) is 92.0 Å². The second-order valence-electron chi connectivity index (χ2n) is 8.75. The second kappa shape index (κ2) is 10.8. The van der Waals surface area contributed by atoms with Crippen molar-refractivity contribution in [3.8, 4) is 22.9 Å². The predicted octanol–water partition coefficient (Wildman–Crippen LogP) is 5.93. The molecular formula is C29H26F2N4O3. The lowest BCUT2D eigenvalue weighted by Crippen LogP contribution is -2.26. The lowest BCUT2D eigenvalue weighted by molar-refractivity contribution is -0.116. The quantitative estimate of drug-likeness (QED) is 0.159. The maximum atomic E-state index is 13.2. The standard InChI is InChI=1S/C29H26F2N4O3/c1-3-27(36)32-10-11-38-26-14-17(12-18-6-4-5-7-25(18)37-2)13-22-21(26)16-24(33-22)28-20-9-8-19(29(30)31)15-23(20)34-35-28/h3-9,13-16,29,33H,1,10-12H2,2H3,(H,32,36)(H,34,35). The Morgan fingerprint density at radius 3 is 2.71 bits per heavy atom. The summed E-state index contributed by atoms with van der Waals surface area (Å²) in [5.74, 6) is 1.16. The number of carbonyl (C=O) groups is 1. The van der Waals surface area contributed by atoms with Crippen LogP contribution in [0, 0.1) is 0 Å². The van der Waals surface area contributed by atoms with Gasteiger partial charge in [-0.1, -0.05) is 36.9 Å². The van der Waals surface area contributed by atoms with Gasteiger partial charge < -0.3 is 19.8 Å². The number of rotatable bonds is 10. The molecule has 38 heavy (non-hydrogen) atoms. The summed E-state index contributed by atoms with van der Waals surface area (Å²) in [6, 6.07) is 18.2. The number of nitrogens with one attached hydrogen (secondary N) is 3. The van der Waals surface area contributed by atoms with Crippen LogP contribution in [0.2, 0.25) is 0 Å². The van der Waals surface area contributed by atoms with E-state index in [0.29, 0.717) is 29.9 Å². The first-order valence-electron chi connectivity index (χ1n) is 12.0. The molecular weight excluding hydrogens is 490 g/mol. The Hall–Kier alpha value is -4.66. The minimum Gasteiger partial charge on any atom is -0.496 e. The molecule has 0 atom stereocenters. The van der Waals surface area contributed by atoms with E-state index in [-0.39, 0.29) is 18.1 Å². The van der Waals surface area contributed by atoms with E-state index in [1.807, 2.05) is 42.5 Å². The zero-order chi connectivity index (χ0) is 26.6. The van der Waals surface area contributed by atoms with Gasteiger partial charge in [-0.25, -0.2) is 8.78 Å². The Bertz CT molecular complexity index is 1620. The first kappa shape index (κ1) is 25.0. The van der Waals surface area contributed by atoms with Crippen LogP contribution >= 0.6 is 0 Å². The fourth-order valence-electron chi connectivity index (χ4n) is 4.47. The number of methoxy groups -OCH3 is 1. The van der Waals surface area contributed by atoms with Gasteiger partial charge in [0, 0.05) is 28.3 Å². The molecule has 2 aromatic heterocycles. The number of alkyl halides is 2. The van der Waals surface area contributed by atoms with Crippen LogP contribution in [0.1, 0.15) is 23.1 Å². The molecule has 0 radical (unpaired) electrons. The summed E-state index contributed by atoms with van der Waals surface area (Å²) in [7, 11) is 1.64. The van der Waals surface area contributed by atoms with Crippen LogP contribution in [0.3, 0.4) is 0 Å². The minimum atomic E-state index is -2.56. The van der Waals surface area contributed by atoms with Crippen LogP contribution < -0.4 is 14.8 Å². The van der Waals surface area contributed by atoms with Crippen molar-refractivity contribution in [1.82, 2.24) is 20.5 Å². The molecule has 3 aromatic carbocycles. The number of nitrogens with zero attached hydrogens (tertiary/aromatic N) is 1. The number of fused-ring (bicyclic) bond motifs is 2. The molecule has 0 aliphatic carbocycles. The molecule has 5 rings (SSSR count). The molecule has 7 nitrogen and oxygen atoms in total. The maximum absolute atomic E-state index is 13.2. The van der Waals surface area contributed by atoms with E-state index in [4.69, 9.17) is 9.47 Å². The molecule has 1 amide bonds. The number of aromatic nitrogens is 3. The minimum absolute atomic E-state index is 0.0652. The molecule has 194 valence electrons. The molecule has 0 unspecified atom stereocenters. The smallest absolute Gasteiger partial charge is 0.263 e. The number of ether oxygens (including phenoxy) is 2. The van der Waals surface area contributed by atoms with Gasteiger partial charge in [-0.3, -0.25) is 9.89 Å². The third-order valence-corrected chi connectivity index (χ3v) is 6.29. The normalized spacial score (nSPS) is 11.3. The lowest BCUT2D eigenvalue weighted by Gasteiger charge is -2.12. The van der Waals surface area contributed by atoms with Gasteiger partial charge >= 0.3 is 0 Å². The predicted molar refractivity (Wildman–Crippen MR) is 143 cm³/mol. The van der Waals surface area contributed by atoms with E-state index in [1.54, 1.807) is 13.2 Å². The summed E-state index contributed by atoms with van der Waals surface area (Å²) in [5.41, 5.74) is 4.65. The molecule has 0 saturated heterocycles. The Kier molecular flexibility index (Phi) is 7.08. The van der Waals surface area contributed by atoms with Gasteiger partial charge in [0.25, 0.3) is 6.43 Å². The van der Waals surface area contributed by atoms with E-state index < -0.39 is 6.43 Å². The Morgan fingerprint density at radius 2 is 1.92 bits per heavy atom. The van der Waals surface area contributed by atoms with Crippen molar-refractivity contribution in [2.45, 2.75) is 12.8 Å². The first-order valence-corrected chi connectivity index (χ1v) is 12.0. The van der Waals surface area contributed by atoms with Gasteiger partial charge in [-0.2, -0.15) is 5.10 Å². The van der Waals surface area contributed by atoms with Crippen LogP contribution in [-0.4, -0.2) is 41.3 Å². The molecule has 0 aliphatic heterocycles. The van der Waals surface area contributed by atoms with E-state index >= 15 is 0 Å². The number of para-hydroxylation sites is 1. The highest BCUT2D eigenvalue weighted by Gasteiger charge is 2.17. The van der Waals surface area contributed by atoms with Crippen molar-refractivity contribution in [2.75, 3.05) is 20.3 Å². The zero-order valence-corrected chi connectivity index (χ0v) is 20.7. The van der Waals surface area contributed by atoms with Crippen LogP contribution in [0.15, 0.2) is 73.3 Å². The Balaban J connectivity index is 1.53. The fourth-order valence-corrected chi connectivity index (χ4v) is 4.47. The monoisotopic (exact) mass is 516 g/mol. The van der Waals surface area contributed by atoms with Crippen molar-refractivity contribution < 1.29 is 23.0 Å². The molecule has 0 saturated carbocycles. The number of amides is 1. The molecule has 5 aromatic rings. The highest BCUT2D eigenvalue weighted by atomic mass is 19.3. The lowest BCUT2D eigenvalue weighted by atomic mass is 10.0. The average molecular weight is 517 g/mol. The second-order valence-corrected chi connectivity index (χ2v) is 8.75. The molecule has 0 aliphatic rings. The van der Waals surface area contributed by atoms with Crippen LogP contribution in [0.5, 0.6) is 11.5 Å². The van der Waals surface area contributed by atoms with Crippen molar-refractivity contribution in [3.63, 3.8) is 0 Å². The molecule has 2 heterocycles. The Labute approximate surface area is 217 Å². The van der Waals surface area contributed by atoms with E-state index in [0.717, 1.165) is 38.9 Å². The van der Waals surface area contributed by atoms with Gasteiger partial charge in [0.05, 0.1) is 24.9 Å². The van der Waals surface area contributed by atoms with E-state index in [9.17, 15) is 13.6 Å². The van der Waals surface area contributed by atoms with Gasteiger partial charge in [-0.15, -0.1) is 0 Å². The molecule has 0 bridgehead atoms.